The SMILES string of the molecule is CCC/C(=C\CC/C=C/c1ccc(C2=CCC3=CN=CC=C(N4CC/C=C(\C(=O)[C@@H]5C[C@H]5F)CCC4)C3=C2)cc1)CC(C)C. The third-order valence-corrected chi connectivity index (χ3v) is 8.95. The van der Waals surface area contributed by atoms with Crippen molar-refractivity contribution in [3.8, 4) is 0 Å². The van der Waals surface area contributed by atoms with Crippen LogP contribution in [-0.4, -0.2) is 36.2 Å². The molecule has 2 atom stereocenters. The fourth-order valence-electron chi connectivity index (χ4n) is 6.54. The number of benzene rings is 1. The van der Waals surface area contributed by atoms with Gasteiger partial charge in [0, 0.05) is 36.8 Å². The second-order valence-corrected chi connectivity index (χ2v) is 13.1. The van der Waals surface area contributed by atoms with E-state index in [1.165, 1.54) is 52.8 Å². The summed E-state index contributed by atoms with van der Waals surface area (Å²) in [4.78, 5) is 19.6. The fraction of sp³-hybridized carbons (Fsp3) is 0.450. The molecule has 0 radical (unpaired) electrons. The number of aliphatic imine (C=N–C) groups is 1. The Morgan fingerprint density at radius 1 is 1.14 bits per heavy atom. The second kappa shape index (κ2) is 15.5. The maximum Gasteiger partial charge on any atom is 0.164 e. The molecule has 232 valence electrons. The molecule has 0 N–H and O–H groups in total. The average Bonchev–Trinajstić information content (AvgIpc) is 3.77. The first-order valence-corrected chi connectivity index (χ1v) is 16.8. The lowest BCUT2D eigenvalue weighted by Gasteiger charge is -2.31. The molecule has 1 aromatic carbocycles. The van der Waals surface area contributed by atoms with Crippen molar-refractivity contribution in [3.63, 3.8) is 0 Å². The lowest BCUT2D eigenvalue weighted by Crippen LogP contribution is -2.29. The summed E-state index contributed by atoms with van der Waals surface area (Å²) in [6, 6.07) is 8.90. The number of fused-ring (bicyclic) bond motifs is 1. The molecule has 1 aromatic rings. The highest BCUT2D eigenvalue weighted by Crippen LogP contribution is 2.39. The third kappa shape index (κ3) is 8.55. The molecular weight excluding hydrogens is 543 g/mol. The Hall–Kier alpha value is -3.53. The van der Waals surface area contributed by atoms with Crippen LogP contribution in [0.1, 0.15) is 96.1 Å². The third-order valence-electron chi connectivity index (χ3n) is 8.95. The number of nitrogens with zero attached hydrogens (tertiary/aromatic N) is 2. The van der Waals surface area contributed by atoms with E-state index in [1.807, 2.05) is 12.4 Å². The summed E-state index contributed by atoms with van der Waals surface area (Å²) in [6.45, 7) is 8.57. The van der Waals surface area contributed by atoms with Crippen molar-refractivity contribution in [2.75, 3.05) is 13.1 Å². The molecule has 4 aliphatic rings. The molecule has 0 saturated heterocycles. The highest BCUT2D eigenvalue weighted by atomic mass is 19.1. The number of unbranched alkanes of at least 4 members (excludes halogenated alkanes) is 1. The summed E-state index contributed by atoms with van der Waals surface area (Å²) in [5.41, 5.74) is 9.81. The van der Waals surface area contributed by atoms with Crippen molar-refractivity contribution < 1.29 is 9.18 Å². The van der Waals surface area contributed by atoms with Gasteiger partial charge in [-0.05, 0) is 104 Å². The molecule has 0 aromatic heterocycles. The van der Waals surface area contributed by atoms with E-state index in [0.29, 0.717) is 6.42 Å². The number of carbonyl (C=O) groups excluding carboxylic acids is 1. The predicted octanol–water partition coefficient (Wildman–Crippen LogP) is 10.2. The molecule has 4 heteroatoms. The predicted molar refractivity (Wildman–Crippen MR) is 184 cm³/mol. The minimum Gasteiger partial charge on any atom is -0.371 e. The zero-order valence-electron chi connectivity index (χ0n) is 26.9. The van der Waals surface area contributed by atoms with Gasteiger partial charge in [0.15, 0.2) is 5.78 Å². The molecule has 0 spiro atoms. The molecule has 3 nitrogen and oxygen atoms in total. The summed E-state index contributed by atoms with van der Waals surface area (Å²) >= 11 is 0. The standard InChI is InChI=1S/C40H49FN2O/c1-4-10-31(25-29(2)3)12-7-5-6-11-30-15-17-32(18-16-30)34-19-20-35-28-42-22-21-39(36(35)26-34)43-23-8-13-33(14-9-24-43)40(44)37-27-38(37)41/h6,11-13,15-19,21-22,26,28-29,37-38H,4-5,7-10,14,20,23-25,27H2,1-3H3/b11-6+,31-12+,33-13-/t37-,38-/m1/s1. The van der Waals surface area contributed by atoms with E-state index < -0.39 is 6.17 Å². The van der Waals surface area contributed by atoms with Crippen LogP contribution in [0.3, 0.4) is 0 Å². The molecule has 0 unspecified atom stereocenters. The van der Waals surface area contributed by atoms with Crippen molar-refractivity contribution in [3.05, 3.63) is 106 Å². The Kier molecular flexibility index (Phi) is 11.2. The summed E-state index contributed by atoms with van der Waals surface area (Å²) in [5.74, 6) is 0.382. The fourth-order valence-corrected chi connectivity index (χ4v) is 6.54. The van der Waals surface area contributed by atoms with Gasteiger partial charge in [-0.25, -0.2) is 4.39 Å². The summed E-state index contributed by atoms with van der Waals surface area (Å²) in [5, 5.41) is 0. The van der Waals surface area contributed by atoms with Crippen LogP contribution in [0.5, 0.6) is 0 Å². The van der Waals surface area contributed by atoms with Gasteiger partial charge in [0.1, 0.15) is 6.17 Å². The first-order chi connectivity index (χ1) is 21.4. The van der Waals surface area contributed by atoms with Crippen LogP contribution in [0.2, 0.25) is 0 Å². The number of alkyl halides is 1. The molecule has 2 aliphatic heterocycles. The van der Waals surface area contributed by atoms with Crippen LogP contribution < -0.4 is 0 Å². The van der Waals surface area contributed by atoms with E-state index in [0.717, 1.165) is 63.1 Å². The normalized spacial score (nSPS) is 23.5. The van der Waals surface area contributed by atoms with Crippen LogP contribution >= 0.6 is 0 Å². The van der Waals surface area contributed by atoms with Gasteiger partial charge >= 0.3 is 0 Å². The first kappa shape index (κ1) is 31.9. The monoisotopic (exact) mass is 592 g/mol. The van der Waals surface area contributed by atoms with E-state index in [2.05, 4.69) is 97.5 Å². The molecule has 1 saturated carbocycles. The van der Waals surface area contributed by atoms with Gasteiger partial charge in [0.05, 0.1) is 5.92 Å². The molecule has 2 heterocycles. The Labute approximate surface area is 264 Å². The van der Waals surface area contributed by atoms with Crippen molar-refractivity contribution in [1.82, 2.24) is 4.90 Å². The van der Waals surface area contributed by atoms with Gasteiger partial charge in [-0.3, -0.25) is 9.79 Å². The van der Waals surface area contributed by atoms with Crippen molar-refractivity contribution in [2.45, 2.75) is 91.2 Å². The lowest BCUT2D eigenvalue weighted by atomic mass is 9.88. The second-order valence-electron chi connectivity index (χ2n) is 13.1. The van der Waals surface area contributed by atoms with E-state index in [1.54, 1.807) is 5.57 Å². The van der Waals surface area contributed by atoms with Crippen LogP contribution in [0, 0.1) is 11.8 Å². The Balaban J connectivity index is 1.22. The van der Waals surface area contributed by atoms with E-state index in [-0.39, 0.29) is 11.7 Å². The van der Waals surface area contributed by atoms with Crippen molar-refractivity contribution in [1.29, 1.82) is 0 Å². The van der Waals surface area contributed by atoms with Gasteiger partial charge in [0.2, 0.25) is 0 Å². The Morgan fingerprint density at radius 3 is 2.70 bits per heavy atom. The Morgan fingerprint density at radius 2 is 1.95 bits per heavy atom. The van der Waals surface area contributed by atoms with Gasteiger partial charge in [-0.1, -0.05) is 87.4 Å². The zero-order valence-corrected chi connectivity index (χ0v) is 26.9. The summed E-state index contributed by atoms with van der Waals surface area (Å²) < 4.78 is 13.5. The number of Topliss-reactive ketones (excluding diaryl/α,β-unsaturated/α-hetero) is 1. The number of ketones is 1. The number of allylic oxidation sites excluding steroid dienone is 9. The quantitative estimate of drug-likeness (QED) is 0.179. The molecule has 2 aliphatic carbocycles. The molecule has 1 fully saturated rings. The van der Waals surface area contributed by atoms with Crippen LogP contribution in [0.25, 0.3) is 11.6 Å². The van der Waals surface area contributed by atoms with Crippen molar-refractivity contribution in [2.24, 2.45) is 16.8 Å². The van der Waals surface area contributed by atoms with Crippen molar-refractivity contribution >= 4 is 23.6 Å². The minimum atomic E-state index is -0.926. The molecule has 5 rings (SSSR count). The number of carbonyl (C=O) groups is 1. The Bertz CT molecular complexity index is 1430. The van der Waals surface area contributed by atoms with Gasteiger partial charge < -0.3 is 4.90 Å². The highest BCUT2D eigenvalue weighted by molar-refractivity contribution is 5.99. The summed E-state index contributed by atoms with van der Waals surface area (Å²) in [6.07, 6.45) is 28.3. The maximum absolute atomic E-state index is 13.5. The molecule has 0 bridgehead atoms. The van der Waals surface area contributed by atoms with Gasteiger partial charge in [0.25, 0.3) is 0 Å². The zero-order chi connectivity index (χ0) is 30.9. The maximum atomic E-state index is 13.5. The number of halogens is 1. The average molecular weight is 593 g/mol. The van der Waals surface area contributed by atoms with Crippen LogP contribution in [0.15, 0.2) is 99.9 Å². The lowest BCUT2D eigenvalue weighted by molar-refractivity contribution is -0.117. The molecule has 44 heavy (non-hydrogen) atoms. The summed E-state index contributed by atoms with van der Waals surface area (Å²) in [7, 11) is 0. The van der Waals surface area contributed by atoms with E-state index in [9.17, 15) is 9.18 Å². The number of hydrogen-bond donors (Lipinski definition) is 0. The number of hydrogen-bond acceptors (Lipinski definition) is 3. The highest BCUT2D eigenvalue weighted by Gasteiger charge is 2.44. The number of rotatable bonds is 12. The smallest absolute Gasteiger partial charge is 0.164 e. The minimum absolute atomic E-state index is 0.0403. The molecular formula is C40H49FN2O. The van der Waals surface area contributed by atoms with E-state index in [4.69, 9.17) is 0 Å². The van der Waals surface area contributed by atoms with Gasteiger partial charge in [-0.15, -0.1) is 0 Å². The first-order valence-electron chi connectivity index (χ1n) is 16.8. The van der Waals surface area contributed by atoms with Crippen LogP contribution in [-0.2, 0) is 4.79 Å². The van der Waals surface area contributed by atoms with E-state index >= 15 is 0 Å². The van der Waals surface area contributed by atoms with Crippen LogP contribution in [0.4, 0.5) is 4.39 Å². The largest absolute Gasteiger partial charge is 0.371 e. The molecule has 0 amide bonds. The topological polar surface area (TPSA) is 32.7 Å². The van der Waals surface area contributed by atoms with Gasteiger partial charge in [-0.2, -0.15) is 0 Å².